The van der Waals surface area contributed by atoms with Crippen molar-refractivity contribution >= 4 is 5.97 Å². The number of unbranched alkanes of at least 4 members (excludes halogenated alkanes) is 1. The van der Waals surface area contributed by atoms with Gasteiger partial charge in [0.25, 0.3) is 0 Å². The summed E-state index contributed by atoms with van der Waals surface area (Å²) in [5, 5.41) is 0. The normalized spacial score (nSPS) is 14.9. The van der Waals surface area contributed by atoms with Crippen LogP contribution in [0.5, 0.6) is 0 Å². The highest BCUT2D eigenvalue weighted by Crippen LogP contribution is 2.13. The van der Waals surface area contributed by atoms with Gasteiger partial charge in [-0.3, -0.25) is 4.79 Å². The average Bonchev–Trinajstić information content (AvgIpc) is 2.14. The van der Waals surface area contributed by atoms with Crippen molar-refractivity contribution in [1.29, 1.82) is 0 Å². The average molecular weight is 200 g/mol. The quantitative estimate of drug-likeness (QED) is 0.587. The minimum absolute atomic E-state index is 0.0389. The summed E-state index contributed by atoms with van der Waals surface area (Å²) in [5.41, 5.74) is 0. The Morgan fingerprint density at radius 2 is 1.93 bits per heavy atom. The number of esters is 1. The second-order valence-corrected chi connectivity index (χ2v) is 4.16. The summed E-state index contributed by atoms with van der Waals surface area (Å²) in [5.74, 6) is 0.425. The van der Waals surface area contributed by atoms with E-state index in [1.807, 2.05) is 13.8 Å². The smallest absolute Gasteiger partial charge is 0.306 e. The SMILES string of the molecule is CCCCC(C)CC(=O)OC(C)CC. The second kappa shape index (κ2) is 7.84. The molecule has 2 nitrogen and oxygen atoms in total. The molecule has 2 atom stereocenters. The number of hydrogen-bond acceptors (Lipinski definition) is 2. The molecular weight excluding hydrogens is 176 g/mol. The first-order valence-corrected chi connectivity index (χ1v) is 5.79. The van der Waals surface area contributed by atoms with Gasteiger partial charge < -0.3 is 4.74 Å². The highest BCUT2D eigenvalue weighted by atomic mass is 16.5. The summed E-state index contributed by atoms with van der Waals surface area (Å²) in [6.45, 7) is 8.25. The maximum Gasteiger partial charge on any atom is 0.306 e. The fourth-order valence-electron chi connectivity index (χ4n) is 1.30. The van der Waals surface area contributed by atoms with E-state index in [2.05, 4.69) is 13.8 Å². The van der Waals surface area contributed by atoms with Crippen molar-refractivity contribution in [2.75, 3.05) is 0 Å². The lowest BCUT2D eigenvalue weighted by atomic mass is 10.0. The molecule has 0 heterocycles. The fraction of sp³-hybridized carbons (Fsp3) is 0.917. The molecule has 2 unspecified atom stereocenters. The van der Waals surface area contributed by atoms with Gasteiger partial charge in [-0.05, 0) is 19.3 Å². The van der Waals surface area contributed by atoms with Gasteiger partial charge in [-0.2, -0.15) is 0 Å². The Hall–Kier alpha value is -0.530. The van der Waals surface area contributed by atoms with Gasteiger partial charge in [0.15, 0.2) is 0 Å². The van der Waals surface area contributed by atoms with Gasteiger partial charge >= 0.3 is 5.97 Å². The highest BCUT2D eigenvalue weighted by molar-refractivity contribution is 5.69. The topological polar surface area (TPSA) is 26.3 Å². The van der Waals surface area contributed by atoms with Crippen LogP contribution in [0.4, 0.5) is 0 Å². The van der Waals surface area contributed by atoms with Gasteiger partial charge in [0, 0.05) is 6.42 Å². The van der Waals surface area contributed by atoms with Gasteiger partial charge in [-0.15, -0.1) is 0 Å². The lowest BCUT2D eigenvalue weighted by molar-refractivity contribution is -0.149. The van der Waals surface area contributed by atoms with Crippen LogP contribution in [0, 0.1) is 5.92 Å². The van der Waals surface area contributed by atoms with Crippen molar-refractivity contribution in [3.05, 3.63) is 0 Å². The van der Waals surface area contributed by atoms with Crippen LogP contribution in [-0.2, 0) is 9.53 Å². The van der Waals surface area contributed by atoms with Crippen LogP contribution in [-0.4, -0.2) is 12.1 Å². The first-order chi connectivity index (χ1) is 6.60. The first-order valence-electron chi connectivity index (χ1n) is 5.79. The highest BCUT2D eigenvalue weighted by Gasteiger charge is 2.11. The number of ether oxygens (including phenoxy) is 1. The van der Waals surface area contributed by atoms with Crippen molar-refractivity contribution in [2.24, 2.45) is 5.92 Å². The van der Waals surface area contributed by atoms with Crippen LogP contribution in [0.3, 0.4) is 0 Å². The van der Waals surface area contributed by atoms with Gasteiger partial charge in [0.1, 0.15) is 0 Å². The van der Waals surface area contributed by atoms with E-state index in [0.29, 0.717) is 12.3 Å². The molecule has 0 rings (SSSR count). The molecule has 0 aromatic heterocycles. The number of rotatable bonds is 7. The Morgan fingerprint density at radius 3 is 2.43 bits per heavy atom. The van der Waals surface area contributed by atoms with Crippen molar-refractivity contribution in [1.82, 2.24) is 0 Å². The maximum atomic E-state index is 11.4. The third kappa shape index (κ3) is 6.93. The monoisotopic (exact) mass is 200 g/mol. The maximum absolute atomic E-state index is 11.4. The third-order valence-corrected chi connectivity index (χ3v) is 2.47. The van der Waals surface area contributed by atoms with E-state index in [9.17, 15) is 4.79 Å². The zero-order chi connectivity index (χ0) is 11.0. The number of hydrogen-bond donors (Lipinski definition) is 0. The zero-order valence-electron chi connectivity index (χ0n) is 10.0. The summed E-state index contributed by atoms with van der Waals surface area (Å²) >= 11 is 0. The van der Waals surface area contributed by atoms with Gasteiger partial charge in [0.05, 0.1) is 6.10 Å². The molecule has 0 bridgehead atoms. The first kappa shape index (κ1) is 13.5. The Bertz CT molecular complexity index is 154. The van der Waals surface area contributed by atoms with E-state index in [1.54, 1.807) is 0 Å². The van der Waals surface area contributed by atoms with Crippen LogP contribution in [0.25, 0.3) is 0 Å². The summed E-state index contributed by atoms with van der Waals surface area (Å²) in [6.07, 6.45) is 5.08. The molecule has 0 saturated heterocycles. The molecule has 0 N–H and O–H groups in total. The van der Waals surface area contributed by atoms with E-state index in [0.717, 1.165) is 12.8 Å². The Balaban J connectivity index is 3.60. The molecule has 0 radical (unpaired) electrons. The largest absolute Gasteiger partial charge is 0.463 e. The molecule has 0 aliphatic rings. The molecule has 0 fully saturated rings. The molecule has 0 aromatic rings. The number of carbonyl (C=O) groups excluding carboxylic acids is 1. The standard InChI is InChI=1S/C12H24O2/c1-5-7-8-10(3)9-12(13)14-11(4)6-2/h10-11H,5-9H2,1-4H3. The van der Waals surface area contributed by atoms with E-state index < -0.39 is 0 Å². The van der Waals surface area contributed by atoms with Crippen LogP contribution in [0.2, 0.25) is 0 Å². The van der Waals surface area contributed by atoms with E-state index in [-0.39, 0.29) is 12.1 Å². The second-order valence-electron chi connectivity index (χ2n) is 4.16. The van der Waals surface area contributed by atoms with Crippen LogP contribution in [0.1, 0.15) is 59.8 Å². The van der Waals surface area contributed by atoms with Gasteiger partial charge in [-0.1, -0.05) is 40.0 Å². The van der Waals surface area contributed by atoms with Gasteiger partial charge in [0.2, 0.25) is 0 Å². The van der Waals surface area contributed by atoms with E-state index >= 15 is 0 Å². The minimum Gasteiger partial charge on any atom is -0.463 e. The molecule has 14 heavy (non-hydrogen) atoms. The molecule has 84 valence electrons. The predicted octanol–water partition coefficient (Wildman–Crippen LogP) is 3.54. The van der Waals surface area contributed by atoms with Crippen molar-refractivity contribution in [2.45, 2.75) is 65.9 Å². The Labute approximate surface area is 88.0 Å². The zero-order valence-corrected chi connectivity index (χ0v) is 10.0. The lowest BCUT2D eigenvalue weighted by Crippen LogP contribution is -2.16. The van der Waals surface area contributed by atoms with Gasteiger partial charge in [-0.25, -0.2) is 0 Å². The summed E-state index contributed by atoms with van der Waals surface area (Å²) in [4.78, 5) is 11.4. The van der Waals surface area contributed by atoms with Crippen LogP contribution >= 0.6 is 0 Å². The molecular formula is C12H24O2. The van der Waals surface area contributed by atoms with Crippen LogP contribution in [0.15, 0.2) is 0 Å². The lowest BCUT2D eigenvalue weighted by Gasteiger charge is -2.13. The molecule has 2 heteroatoms. The van der Waals surface area contributed by atoms with E-state index in [1.165, 1.54) is 12.8 Å². The number of carbonyl (C=O) groups is 1. The molecule has 0 amide bonds. The third-order valence-electron chi connectivity index (χ3n) is 2.47. The summed E-state index contributed by atoms with van der Waals surface area (Å²) in [7, 11) is 0. The summed E-state index contributed by atoms with van der Waals surface area (Å²) in [6, 6.07) is 0. The summed E-state index contributed by atoms with van der Waals surface area (Å²) < 4.78 is 5.21. The molecule has 0 saturated carbocycles. The fourth-order valence-corrected chi connectivity index (χ4v) is 1.30. The minimum atomic E-state index is -0.0389. The van der Waals surface area contributed by atoms with Crippen molar-refractivity contribution < 1.29 is 9.53 Å². The van der Waals surface area contributed by atoms with Crippen molar-refractivity contribution in [3.63, 3.8) is 0 Å². The van der Waals surface area contributed by atoms with Crippen LogP contribution < -0.4 is 0 Å². The molecule has 0 aromatic carbocycles. The van der Waals surface area contributed by atoms with E-state index in [4.69, 9.17) is 4.74 Å². The molecule has 0 aliphatic heterocycles. The Morgan fingerprint density at radius 1 is 1.29 bits per heavy atom. The molecule has 0 spiro atoms. The Kier molecular flexibility index (Phi) is 7.54. The van der Waals surface area contributed by atoms with Crippen molar-refractivity contribution in [3.8, 4) is 0 Å². The predicted molar refractivity (Wildman–Crippen MR) is 59.2 cm³/mol. The molecule has 0 aliphatic carbocycles.